The van der Waals surface area contributed by atoms with Crippen molar-refractivity contribution in [2.75, 3.05) is 24.6 Å². The van der Waals surface area contributed by atoms with Crippen LogP contribution in [0.15, 0.2) is 51.3 Å². The van der Waals surface area contributed by atoms with Crippen molar-refractivity contribution in [2.45, 2.75) is 20.4 Å². The Balaban J connectivity index is 2.02. The standard InChI is InChI=1S/C20H24FI2N3OS/c1-15(4-3-5-16(2)24-20(13-22)25-23)18-7-6-17(12-19(18)21)14-26-8-10-28(27)11-9-26/h3-7,12-13,25H,8-11,14H2,1-2H3/b5-3-,15-4+,20-13+,24-16+. The van der Waals surface area contributed by atoms with Gasteiger partial charge in [0.15, 0.2) is 0 Å². The van der Waals surface area contributed by atoms with Gasteiger partial charge in [0.2, 0.25) is 0 Å². The SMILES string of the molecule is C\C(=C/C=C\C(C)=N\C(=C/I)NI)c1ccc(CN2CC[S+]([O-])CC2)cc1F. The quantitative estimate of drug-likeness (QED) is 0.153. The molecule has 0 radical (unpaired) electrons. The first kappa shape index (κ1) is 23.8. The maximum atomic E-state index is 14.6. The molecule has 1 N–H and O–H groups in total. The highest BCUT2D eigenvalue weighted by Crippen LogP contribution is 2.20. The maximum Gasteiger partial charge on any atom is 0.140 e. The molecular formula is C20H24FI2N3OS. The smallest absolute Gasteiger partial charge is 0.140 e. The van der Waals surface area contributed by atoms with Crippen LogP contribution in [0, 0.1) is 5.82 Å². The highest BCUT2D eigenvalue weighted by molar-refractivity contribution is 14.1. The second kappa shape index (κ2) is 12.3. The van der Waals surface area contributed by atoms with Gasteiger partial charge in [-0.2, -0.15) is 0 Å². The summed E-state index contributed by atoms with van der Waals surface area (Å²) in [5.74, 6) is 1.99. The first-order chi connectivity index (χ1) is 13.4. The zero-order valence-corrected chi connectivity index (χ0v) is 21.1. The molecule has 0 aliphatic carbocycles. The molecule has 0 unspecified atom stereocenters. The summed E-state index contributed by atoms with van der Waals surface area (Å²) in [6.07, 6.45) is 5.67. The third kappa shape index (κ3) is 7.77. The number of hydrogen-bond donors (Lipinski definition) is 1. The molecule has 0 spiro atoms. The van der Waals surface area contributed by atoms with E-state index in [-0.39, 0.29) is 5.82 Å². The fourth-order valence-corrected chi connectivity index (χ4v) is 5.08. The average Bonchev–Trinajstić information content (AvgIpc) is 2.68. The molecule has 2 rings (SSSR count). The Morgan fingerprint density at radius 1 is 1.36 bits per heavy atom. The van der Waals surface area contributed by atoms with Gasteiger partial charge in [0.1, 0.15) is 23.1 Å². The van der Waals surface area contributed by atoms with E-state index in [2.05, 4.69) is 36.0 Å². The average molecular weight is 627 g/mol. The summed E-state index contributed by atoms with van der Waals surface area (Å²) < 4.78 is 30.9. The molecule has 1 aliphatic rings. The molecule has 1 saturated heterocycles. The maximum absolute atomic E-state index is 14.6. The minimum atomic E-state index is -0.690. The summed E-state index contributed by atoms with van der Waals surface area (Å²) in [5.41, 5.74) is 3.27. The molecule has 0 saturated carbocycles. The van der Waals surface area contributed by atoms with Gasteiger partial charge in [-0.3, -0.25) is 4.90 Å². The summed E-state index contributed by atoms with van der Waals surface area (Å²) in [7, 11) is 0. The van der Waals surface area contributed by atoms with Crippen molar-refractivity contribution in [2.24, 2.45) is 4.99 Å². The summed E-state index contributed by atoms with van der Waals surface area (Å²) >= 11 is 3.48. The second-order valence-corrected chi connectivity index (χ2v) is 9.35. The molecule has 0 atom stereocenters. The molecule has 8 heteroatoms. The third-order valence-corrected chi connectivity index (χ3v) is 6.73. The van der Waals surface area contributed by atoms with Gasteiger partial charge in [-0.25, -0.2) is 9.38 Å². The van der Waals surface area contributed by atoms with Crippen LogP contribution >= 0.6 is 45.5 Å². The molecule has 1 heterocycles. The number of hydrogen-bond acceptors (Lipinski definition) is 4. The first-order valence-electron chi connectivity index (χ1n) is 8.86. The summed E-state index contributed by atoms with van der Waals surface area (Å²) in [6.45, 7) is 6.13. The summed E-state index contributed by atoms with van der Waals surface area (Å²) in [5, 5.41) is 0. The molecule has 1 aromatic carbocycles. The van der Waals surface area contributed by atoms with Crippen LogP contribution in [0.1, 0.15) is 25.0 Å². The number of rotatable bonds is 7. The van der Waals surface area contributed by atoms with E-state index >= 15 is 0 Å². The van der Waals surface area contributed by atoms with Crippen LogP contribution in [-0.4, -0.2) is 39.8 Å². The summed E-state index contributed by atoms with van der Waals surface area (Å²) in [6, 6.07) is 5.42. The van der Waals surface area contributed by atoms with Crippen LogP contribution in [0.25, 0.3) is 5.57 Å². The van der Waals surface area contributed by atoms with E-state index < -0.39 is 11.2 Å². The Bertz CT molecular complexity index is 788. The minimum absolute atomic E-state index is 0.213. The van der Waals surface area contributed by atoms with E-state index in [9.17, 15) is 8.94 Å². The molecule has 1 aliphatic heterocycles. The topological polar surface area (TPSA) is 50.7 Å². The number of nitrogens with one attached hydrogen (secondary N) is 1. The fourth-order valence-electron chi connectivity index (χ4n) is 2.78. The lowest BCUT2D eigenvalue weighted by molar-refractivity contribution is 0.287. The second-order valence-electron chi connectivity index (χ2n) is 6.49. The highest BCUT2D eigenvalue weighted by Gasteiger charge is 2.19. The summed E-state index contributed by atoms with van der Waals surface area (Å²) in [4.78, 5) is 6.64. The van der Waals surface area contributed by atoms with Crippen molar-refractivity contribution in [1.82, 2.24) is 8.43 Å². The zero-order chi connectivity index (χ0) is 20.5. The normalized spacial score (nSPS) is 18.1. The molecule has 4 nitrogen and oxygen atoms in total. The molecule has 1 aromatic rings. The number of halogens is 3. The van der Waals surface area contributed by atoms with Gasteiger partial charge < -0.3 is 8.08 Å². The minimum Gasteiger partial charge on any atom is -0.616 e. The molecule has 0 bridgehead atoms. The number of nitrogens with zero attached hydrogens (tertiary/aromatic N) is 2. The van der Waals surface area contributed by atoms with E-state index in [4.69, 9.17) is 0 Å². The van der Waals surface area contributed by atoms with Gasteiger partial charge in [-0.05, 0) is 59.7 Å². The van der Waals surface area contributed by atoms with E-state index in [1.165, 1.54) is 0 Å². The lowest BCUT2D eigenvalue weighted by atomic mass is 10.0. The van der Waals surface area contributed by atoms with Gasteiger partial charge in [0.05, 0.1) is 22.9 Å². The van der Waals surface area contributed by atoms with Crippen molar-refractivity contribution in [1.29, 1.82) is 0 Å². The Labute approximate surface area is 197 Å². The van der Waals surface area contributed by atoms with Crippen LogP contribution in [-0.2, 0) is 17.7 Å². The van der Waals surface area contributed by atoms with Crippen molar-refractivity contribution in [3.05, 3.63) is 63.3 Å². The van der Waals surface area contributed by atoms with Crippen molar-refractivity contribution in [3.8, 4) is 0 Å². The van der Waals surface area contributed by atoms with E-state index in [1.54, 1.807) is 6.07 Å². The predicted molar refractivity (Wildman–Crippen MR) is 135 cm³/mol. The zero-order valence-electron chi connectivity index (χ0n) is 15.9. The van der Waals surface area contributed by atoms with E-state index in [0.717, 1.165) is 35.8 Å². The molecule has 28 heavy (non-hydrogen) atoms. The largest absolute Gasteiger partial charge is 0.616 e. The number of aliphatic imine (C=N–C) groups is 1. The Morgan fingerprint density at radius 2 is 2.07 bits per heavy atom. The molecule has 152 valence electrons. The van der Waals surface area contributed by atoms with Gasteiger partial charge in [0, 0.05) is 35.0 Å². The molecule has 0 amide bonds. The Hall–Kier alpha value is -0.430. The van der Waals surface area contributed by atoms with E-state index in [0.29, 0.717) is 23.6 Å². The predicted octanol–water partition coefficient (Wildman–Crippen LogP) is 4.98. The molecule has 0 aromatic heterocycles. The van der Waals surface area contributed by atoms with E-state index in [1.807, 2.05) is 71.2 Å². The Kier molecular flexibility index (Phi) is 10.5. The molecule has 1 fully saturated rings. The van der Waals surface area contributed by atoms with Crippen molar-refractivity contribution in [3.63, 3.8) is 0 Å². The van der Waals surface area contributed by atoms with Gasteiger partial charge in [0.25, 0.3) is 0 Å². The van der Waals surface area contributed by atoms with Gasteiger partial charge in [-0.1, -0.05) is 35.5 Å². The van der Waals surface area contributed by atoms with Crippen molar-refractivity contribution < 1.29 is 8.94 Å². The molecular weight excluding hydrogens is 603 g/mol. The number of benzene rings is 1. The first-order valence-corrected chi connectivity index (χ1v) is 12.7. The monoisotopic (exact) mass is 627 g/mol. The number of allylic oxidation sites excluding steroid dienone is 4. The van der Waals surface area contributed by atoms with Crippen LogP contribution in [0.4, 0.5) is 4.39 Å². The van der Waals surface area contributed by atoms with Gasteiger partial charge >= 0.3 is 0 Å². The fraction of sp³-hybridized carbons (Fsp3) is 0.350. The lowest BCUT2D eigenvalue weighted by Gasteiger charge is -2.28. The van der Waals surface area contributed by atoms with Crippen molar-refractivity contribution >= 4 is 67.9 Å². The van der Waals surface area contributed by atoms with Crippen LogP contribution in [0.3, 0.4) is 0 Å². The van der Waals surface area contributed by atoms with Crippen LogP contribution < -0.4 is 3.53 Å². The highest BCUT2D eigenvalue weighted by atomic mass is 127. The van der Waals surface area contributed by atoms with Crippen LogP contribution in [0.5, 0.6) is 0 Å². The Morgan fingerprint density at radius 3 is 2.68 bits per heavy atom. The van der Waals surface area contributed by atoms with Gasteiger partial charge in [-0.15, -0.1) is 0 Å². The third-order valence-electron chi connectivity index (χ3n) is 4.32. The lowest BCUT2D eigenvalue weighted by Crippen LogP contribution is -2.39. The van der Waals surface area contributed by atoms with Crippen LogP contribution in [0.2, 0.25) is 0 Å².